The Morgan fingerprint density at radius 1 is 1.56 bits per heavy atom. The van der Waals surface area contributed by atoms with Gasteiger partial charge in [-0.15, -0.1) is 0 Å². The van der Waals surface area contributed by atoms with Crippen LogP contribution in [-0.2, 0) is 9.05 Å². The van der Waals surface area contributed by atoms with Gasteiger partial charge in [0.15, 0.2) is 5.69 Å². The summed E-state index contributed by atoms with van der Waals surface area (Å²) in [7, 11) is 0.872. The van der Waals surface area contributed by atoms with Crippen LogP contribution in [0.25, 0.3) is 0 Å². The molecule has 0 aliphatic heterocycles. The van der Waals surface area contributed by atoms with Gasteiger partial charge < -0.3 is 0 Å². The van der Waals surface area contributed by atoms with E-state index < -0.39 is 31.8 Å². The second-order valence-corrected chi connectivity index (χ2v) is 5.42. The number of hydrogen-bond acceptors (Lipinski definition) is 4. The van der Waals surface area contributed by atoms with E-state index in [9.17, 15) is 17.2 Å². The molecule has 1 rings (SSSR count). The third-order valence-electron chi connectivity index (χ3n) is 1.79. The zero-order valence-corrected chi connectivity index (χ0v) is 9.48. The molecule has 0 unspecified atom stereocenters. The van der Waals surface area contributed by atoms with Gasteiger partial charge in [0.25, 0.3) is 15.5 Å². The van der Waals surface area contributed by atoms with Crippen LogP contribution in [0.2, 0.25) is 0 Å². The van der Waals surface area contributed by atoms with Crippen LogP contribution in [-0.4, -0.2) is 13.4 Å². The quantitative estimate of drug-likeness (QED) is 0.769. The minimum atomic E-state index is -4.17. The third-order valence-corrected chi connectivity index (χ3v) is 3.13. The van der Waals surface area contributed by atoms with Crippen LogP contribution in [0, 0.1) is 18.3 Å². The van der Waals surface area contributed by atoms with Gasteiger partial charge in [0, 0.05) is 10.7 Å². The lowest BCUT2D eigenvalue weighted by Crippen LogP contribution is -2.04. The van der Waals surface area contributed by atoms with Crippen molar-refractivity contribution in [3.05, 3.63) is 23.0 Å². The van der Waals surface area contributed by atoms with Crippen LogP contribution in [0.3, 0.4) is 0 Å². The molecule has 0 atom stereocenters. The van der Waals surface area contributed by atoms with Crippen molar-refractivity contribution in [3.63, 3.8) is 0 Å². The average molecular weight is 267 g/mol. The fourth-order valence-electron chi connectivity index (χ4n) is 1.09. The molecule has 0 aliphatic carbocycles. The molecule has 1 aromatic heterocycles. The number of halogens is 3. The molecular formula is C8H5ClF2N2O2S. The van der Waals surface area contributed by atoms with Crippen LogP contribution in [0.4, 0.5) is 8.78 Å². The van der Waals surface area contributed by atoms with Gasteiger partial charge in [-0.25, -0.2) is 22.2 Å². The molecular weight excluding hydrogens is 262 g/mol. The van der Waals surface area contributed by atoms with E-state index in [1.54, 1.807) is 0 Å². The lowest BCUT2D eigenvalue weighted by Gasteiger charge is -2.06. The minimum Gasteiger partial charge on any atom is -0.234 e. The minimum absolute atomic E-state index is 0.0341. The fourth-order valence-corrected chi connectivity index (χ4v) is 2.08. The lowest BCUT2D eigenvalue weighted by molar-refractivity contribution is 0.145. The van der Waals surface area contributed by atoms with E-state index in [0.29, 0.717) is 0 Å². The van der Waals surface area contributed by atoms with E-state index in [2.05, 4.69) is 4.98 Å². The Balaban J connectivity index is 3.59. The standard InChI is InChI=1S/C8H5ClF2N2O2S/c1-4-2-6(16(9,14)15)5(3-12)13-7(4)8(10)11/h2,8H,1H3. The number of aromatic nitrogens is 1. The maximum absolute atomic E-state index is 12.4. The van der Waals surface area contributed by atoms with E-state index in [-0.39, 0.29) is 5.56 Å². The summed E-state index contributed by atoms with van der Waals surface area (Å²) in [5, 5.41) is 8.60. The SMILES string of the molecule is Cc1cc(S(=O)(=O)Cl)c(C#N)nc1C(F)F. The monoisotopic (exact) mass is 266 g/mol. The van der Waals surface area contributed by atoms with Gasteiger partial charge in [0.1, 0.15) is 16.7 Å². The maximum Gasteiger partial charge on any atom is 0.280 e. The molecule has 1 heterocycles. The molecule has 0 N–H and O–H groups in total. The number of alkyl halides is 2. The highest BCUT2D eigenvalue weighted by Crippen LogP contribution is 2.26. The van der Waals surface area contributed by atoms with Crippen molar-refractivity contribution in [3.8, 4) is 6.07 Å². The highest BCUT2D eigenvalue weighted by molar-refractivity contribution is 8.13. The molecule has 0 saturated carbocycles. The van der Waals surface area contributed by atoms with Gasteiger partial charge in [0.05, 0.1) is 0 Å². The van der Waals surface area contributed by atoms with Crippen LogP contribution < -0.4 is 0 Å². The number of nitrogens with zero attached hydrogens (tertiary/aromatic N) is 2. The van der Waals surface area contributed by atoms with Gasteiger partial charge in [-0.05, 0) is 18.6 Å². The Morgan fingerprint density at radius 3 is 2.50 bits per heavy atom. The second kappa shape index (κ2) is 4.31. The van der Waals surface area contributed by atoms with E-state index in [0.717, 1.165) is 6.07 Å². The van der Waals surface area contributed by atoms with Gasteiger partial charge in [-0.1, -0.05) is 0 Å². The molecule has 0 radical (unpaired) electrons. The highest BCUT2D eigenvalue weighted by atomic mass is 35.7. The first kappa shape index (κ1) is 12.8. The van der Waals surface area contributed by atoms with Crippen LogP contribution in [0.15, 0.2) is 11.0 Å². The molecule has 0 spiro atoms. The topological polar surface area (TPSA) is 70.8 Å². The van der Waals surface area contributed by atoms with Crippen molar-refractivity contribution in [2.24, 2.45) is 0 Å². The van der Waals surface area contributed by atoms with Crippen molar-refractivity contribution >= 4 is 19.7 Å². The summed E-state index contributed by atoms with van der Waals surface area (Å²) in [6.45, 7) is 1.27. The normalized spacial score (nSPS) is 11.5. The summed E-state index contributed by atoms with van der Waals surface area (Å²) < 4.78 is 46.9. The average Bonchev–Trinajstić information content (AvgIpc) is 2.15. The summed E-state index contributed by atoms with van der Waals surface area (Å²) in [4.78, 5) is 2.73. The molecule has 0 bridgehead atoms. The zero-order chi connectivity index (χ0) is 12.5. The van der Waals surface area contributed by atoms with Crippen LogP contribution in [0.5, 0.6) is 0 Å². The second-order valence-electron chi connectivity index (χ2n) is 2.89. The van der Waals surface area contributed by atoms with Crippen molar-refractivity contribution in [2.75, 3.05) is 0 Å². The highest BCUT2D eigenvalue weighted by Gasteiger charge is 2.22. The molecule has 86 valence electrons. The number of nitriles is 1. The Kier molecular flexibility index (Phi) is 3.45. The van der Waals surface area contributed by atoms with Gasteiger partial charge in [-0.2, -0.15) is 5.26 Å². The van der Waals surface area contributed by atoms with Crippen LogP contribution in [0.1, 0.15) is 23.4 Å². The molecule has 16 heavy (non-hydrogen) atoms. The molecule has 0 aromatic carbocycles. The van der Waals surface area contributed by atoms with Crippen molar-refractivity contribution in [2.45, 2.75) is 18.2 Å². The zero-order valence-electron chi connectivity index (χ0n) is 7.91. The molecule has 8 heteroatoms. The Hall–Kier alpha value is -1.26. The Labute approximate surface area is 94.9 Å². The number of aryl methyl sites for hydroxylation is 1. The van der Waals surface area contributed by atoms with Crippen molar-refractivity contribution < 1.29 is 17.2 Å². The Bertz CT molecular complexity index is 566. The van der Waals surface area contributed by atoms with E-state index in [4.69, 9.17) is 15.9 Å². The first-order chi connectivity index (χ1) is 7.27. The molecule has 0 saturated heterocycles. The van der Waals surface area contributed by atoms with E-state index in [1.807, 2.05) is 0 Å². The molecule has 4 nitrogen and oxygen atoms in total. The predicted molar refractivity (Wildman–Crippen MR) is 51.7 cm³/mol. The van der Waals surface area contributed by atoms with Crippen LogP contribution >= 0.6 is 10.7 Å². The largest absolute Gasteiger partial charge is 0.280 e. The van der Waals surface area contributed by atoms with Gasteiger partial charge in [0.2, 0.25) is 0 Å². The van der Waals surface area contributed by atoms with Crippen molar-refractivity contribution in [1.29, 1.82) is 5.26 Å². The van der Waals surface area contributed by atoms with Crippen molar-refractivity contribution in [1.82, 2.24) is 4.98 Å². The molecule has 0 aliphatic rings. The number of hydrogen-bond donors (Lipinski definition) is 0. The first-order valence-corrected chi connectivity index (χ1v) is 6.22. The summed E-state index contributed by atoms with van der Waals surface area (Å²) in [5.74, 6) is 0. The van der Waals surface area contributed by atoms with Gasteiger partial charge in [-0.3, -0.25) is 0 Å². The predicted octanol–water partition coefficient (Wildman–Crippen LogP) is 2.13. The maximum atomic E-state index is 12.4. The smallest absolute Gasteiger partial charge is 0.234 e. The summed E-state index contributed by atoms with van der Waals surface area (Å²) in [6, 6.07) is 2.33. The van der Waals surface area contributed by atoms with Gasteiger partial charge >= 0.3 is 0 Å². The lowest BCUT2D eigenvalue weighted by atomic mass is 10.2. The summed E-state index contributed by atoms with van der Waals surface area (Å²) >= 11 is 0. The third kappa shape index (κ3) is 2.46. The molecule has 1 aromatic rings. The summed E-state index contributed by atoms with van der Waals surface area (Å²) in [6.07, 6.45) is -2.88. The summed E-state index contributed by atoms with van der Waals surface area (Å²) in [5.41, 5.74) is -1.29. The first-order valence-electron chi connectivity index (χ1n) is 3.92. The fraction of sp³-hybridized carbons (Fsp3) is 0.250. The number of rotatable bonds is 2. The van der Waals surface area contributed by atoms with E-state index in [1.165, 1.54) is 13.0 Å². The van der Waals surface area contributed by atoms with E-state index >= 15 is 0 Å². The Morgan fingerprint density at radius 2 is 2.12 bits per heavy atom. The molecule has 0 fully saturated rings. The molecule has 0 amide bonds. The number of pyridine rings is 1.